The maximum Gasteiger partial charge on any atom is 0.380 e. The Morgan fingerprint density at radius 2 is 2.00 bits per heavy atom. The van der Waals surface area contributed by atoms with Gasteiger partial charge in [-0.3, -0.25) is 4.57 Å². The first-order valence-electron chi connectivity index (χ1n) is 3.20. The van der Waals surface area contributed by atoms with Crippen molar-refractivity contribution in [3.63, 3.8) is 0 Å². The molecule has 0 aliphatic rings. The molecule has 0 fully saturated rings. The van der Waals surface area contributed by atoms with Crippen molar-refractivity contribution in [1.29, 1.82) is 0 Å². The Morgan fingerprint density at radius 3 is 2.40 bits per heavy atom. The van der Waals surface area contributed by atoms with E-state index in [9.17, 15) is 4.57 Å². The topological polar surface area (TPSA) is 26.3 Å². The minimum atomic E-state index is -3.26. The summed E-state index contributed by atoms with van der Waals surface area (Å²) in [5.41, 5.74) is 0. The van der Waals surface area contributed by atoms with Gasteiger partial charge in [0.1, 0.15) is 0 Å². The minimum Gasteiger partial charge on any atom is -0.306 e. The van der Waals surface area contributed by atoms with Crippen LogP contribution in [0.5, 0.6) is 0 Å². The maximum atomic E-state index is 10.5. The van der Waals surface area contributed by atoms with Gasteiger partial charge in [0.25, 0.3) is 0 Å². The predicted molar refractivity (Wildman–Crippen MR) is 44.8 cm³/mol. The van der Waals surface area contributed by atoms with Crippen LogP contribution < -0.4 is 0 Å². The molecule has 0 saturated heterocycles. The molecular formula is C5H11Cl2O2P. The molecule has 0 aromatic carbocycles. The largest absolute Gasteiger partial charge is 0.380 e. The second-order valence-corrected chi connectivity index (χ2v) is 6.23. The summed E-state index contributed by atoms with van der Waals surface area (Å²) >= 11 is 10.2. The van der Waals surface area contributed by atoms with Crippen molar-refractivity contribution < 1.29 is 9.09 Å². The van der Waals surface area contributed by atoms with Crippen LogP contribution in [0.2, 0.25) is 0 Å². The fraction of sp³-hybridized carbons (Fsp3) is 1.00. The van der Waals surface area contributed by atoms with E-state index in [2.05, 4.69) is 11.4 Å². The quantitative estimate of drug-likeness (QED) is 0.504. The van der Waals surface area contributed by atoms with Crippen LogP contribution in [0.15, 0.2) is 0 Å². The summed E-state index contributed by atoms with van der Waals surface area (Å²) in [5, 5.41) is 0. The predicted octanol–water partition coefficient (Wildman–Crippen LogP) is 3.78. The van der Waals surface area contributed by atoms with E-state index in [0.717, 1.165) is 19.3 Å². The Bertz CT molecular complexity index is 123. The van der Waals surface area contributed by atoms with Crippen molar-refractivity contribution in [3.05, 3.63) is 0 Å². The fourth-order valence-corrected chi connectivity index (χ4v) is 1.28. The van der Waals surface area contributed by atoms with Crippen LogP contribution >= 0.6 is 28.6 Å². The van der Waals surface area contributed by atoms with Crippen molar-refractivity contribution in [1.82, 2.24) is 0 Å². The Morgan fingerprint density at radius 1 is 1.40 bits per heavy atom. The van der Waals surface area contributed by atoms with Gasteiger partial charge in [-0.25, -0.2) is 0 Å². The maximum absolute atomic E-state index is 10.5. The van der Waals surface area contributed by atoms with E-state index in [1.54, 1.807) is 0 Å². The van der Waals surface area contributed by atoms with Gasteiger partial charge in [0.2, 0.25) is 0 Å². The Labute approximate surface area is 70.9 Å². The number of hydrogen-bond donors (Lipinski definition) is 0. The van der Waals surface area contributed by atoms with Gasteiger partial charge in [-0.15, -0.1) is 0 Å². The number of unbranched alkanes of at least 4 members (excludes halogenated alkanes) is 2. The molecule has 0 spiro atoms. The average molecular weight is 205 g/mol. The molecule has 0 amide bonds. The summed E-state index contributed by atoms with van der Waals surface area (Å²) in [5.74, 6) is 0. The van der Waals surface area contributed by atoms with Gasteiger partial charge in [0.05, 0.1) is 6.61 Å². The lowest BCUT2D eigenvalue weighted by atomic mass is 10.3. The summed E-state index contributed by atoms with van der Waals surface area (Å²) in [6, 6.07) is 0. The molecule has 5 heteroatoms. The molecule has 0 N–H and O–H groups in total. The standard InChI is InChI=1S/C5H11Cl2O2P/c1-2-3-4-5-9-10(6,7)8/h2-5H2,1H3. The number of hydrogen-bond acceptors (Lipinski definition) is 2. The first kappa shape index (κ1) is 10.8. The Hall–Kier alpha value is 0.770. The summed E-state index contributed by atoms with van der Waals surface area (Å²) < 4.78 is 15.1. The fourth-order valence-electron chi connectivity index (χ4n) is 0.523. The van der Waals surface area contributed by atoms with Gasteiger partial charge >= 0.3 is 6.07 Å². The molecule has 0 radical (unpaired) electrons. The zero-order valence-electron chi connectivity index (χ0n) is 5.85. The summed E-state index contributed by atoms with van der Waals surface area (Å²) in [4.78, 5) is 0. The van der Waals surface area contributed by atoms with Crippen LogP contribution in [0.25, 0.3) is 0 Å². The van der Waals surface area contributed by atoms with Crippen LogP contribution in [0.4, 0.5) is 0 Å². The smallest absolute Gasteiger partial charge is 0.306 e. The summed E-state index contributed by atoms with van der Waals surface area (Å²) in [7, 11) is 0. The highest BCUT2D eigenvalue weighted by molar-refractivity contribution is 8.05. The van der Waals surface area contributed by atoms with Gasteiger partial charge in [0, 0.05) is 0 Å². The van der Waals surface area contributed by atoms with Crippen LogP contribution in [0.3, 0.4) is 0 Å². The molecule has 0 bridgehead atoms. The normalized spacial score (nSPS) is 11.9. The monoisotopic (exact) mass is 204 g/mol. The molecule has 0 aromatic heterocycles. The molecule has 0 atom stereocenters. The number of rotatable bonds is 5. The van der Waals surface area contributed by atoms with Crippen LogP contribution in [-0.2, 0) is 9.09 Å². The lowest BCUT2D eigenvalue weighted by Gasteiger charge is -2.01. The molecule has 0 unspecified atom stereocenters. The van der Waals surface area contributed by atoms with Crippen LogP contribution in [0, 0.1) is 0 Å². The summed E-state index contributed by atoms with van der Waals surface area (Å²) in [6.07, 6.45) is -0.256. The van der Waals surface area contributed by atoms with Crippen molar-refractivity contribution in [2.45, 2.75) is 26.2 Å². The van der Waals surface area contributed by atoms with Gasteiger partial charge < -0.3 is 4.52 Å². The molecule has 62 valence electrons. The van der Waals surface area contributed by atoms with E-state index in [1.165, 1.54) is 0 Å². The van der Waals surface area contributed by atoms with Gasteiger partial charge in [-0.1, -0.05) is 19.8 Å². The lowest BCUT2D eigenvalue weighted by molar-refractivity contribution is 0.322. The van der Waals surface area contributed by atoms with Gasteiger partial charge in [0.15, 0.2) is 0 Å². The third kappa shape index (κ3) is 8.77. The van der Waals surface area contributed by atoms with Crippen molar-refractivity contribution in [2.24, 2.45) is 0 Å². The Balaban J connectivity index is 3.13. The molecule has 0 aliphatic heterocycles. The first-order chi connectivity index (χ1) is 4.56. The average Bonchev–Trinajstić information content (AvgIpc) is 1.78. The molecule has 0 aliphatic carbocycles. The van der Waals surface area contributed by atoms with Crippen molar-refractivity contribution in [3.8, 4) is 0 Å². The Kier molecular flexibility index (Phi) is 5.84. The van der Waals surface area contributed by atoms with E-state index in [1.807, 2.05) is 0 Å². The number of halogens is 2. The molecule has 10 heavy (non-hydrogen) atoms. The minimum absolute atomic E-state index is 0.387. The lowest BCUT2D eigenvalue weighted by Crippen LogP contribution is -1.85. The van der Waals surface area contributed by atoms with Crippen LogP contribution in [-0.4, -0.2) is 6.61 Å². The second kappa shape index (κ2) is 5.42. The van der Waals surface area contributed by atoms with Gasteiger partial charge in [-0.05, 0) is 28.9 Å². The first-order valence-corrected chi connectivity index (χ1v) is 6.63. The SMILES string of the molecule is CCCCCOP(=O)(Cl)Cl. The van der Waals surface area contributed by atoms with E-state index >= 15 is 0 Å². The molecular weight excluding hydrogens is 194 g/mol. The van der Waals surface area contributed by atoms with E-state index < -0.39 is 6.07 Å². The molecule has 0 heterocycles. The second-order valence-electron chi connectivity index (χ2n) is 1.95. The highest BCUT2D eigenvalue weighted by Crippen LogP contribution is 2.57. The summed E-state index contributed by atoms with van der Waals surface area (Å²) in [6.45, 7) is 2.46. The third-order valence-electron chi connectivity index (χ3n) is 0.989. The molecule has 2 nitrogen and oxygen atoms in total. The van der Waals surface area contributed by atoms with Crippen molar-refractivity contribution >= 4 is 28.6 Å². The zero-order valence-corrected chi connectivity index (χ0v) is 8.25. The molecule has 0 rings (SSSR count). The van der Waals surface area contributed by atoms with E-state index in [-0.39, 0.29) is 0 Å². The van der Waals surface area contributed by atoms with Crippen LogP contribution in [0.1, 0.15) is 26.2 Å². The highest BCUT2D eigenvalue weighted by Gasteiger charge is 2.12. The zero-order chi connectivity index (χ0) is 8.04. The van der Waals surface area contributed by atoms with E-state index in [4.69, 9.17) is 22.5 Å². The molecule has 0 aromatic rings. The van der Waals surface area contributed by atoms with E-state index in [0.29, 0.717) is 6.61 Å². The van der Waals surface area contributed by atoms with Crippen molar-refractivity contribution in [2.75, 3.05) is 6.61 Å². The molecule has 0 saturated carbocycles. The third-order valence-corrected chi connectivity index (χ3v) is 2.06. The van der Waals surface area contributed by atoms with Gasteiger partial charge in [-0.2, -0.15) is 0 Å². The highest BCUT2D eigenvalue weighted by atomic mass is 35.9.